The van der Waals surface area contributed by atoms with Crippen molar-refractivity contribution in [3.8, 4) is 0 Å². The van der Waals surface area contributed by atoms with Gasteiger partial charge in [0.1, 0.15) is 0 Å². The van der Waals surface area contributed by atoms with Gasteiger partial charge in [0, 0.05) is 12.6 Å². The molecule has 0 heterocycles. The molecule has 0 aromatic heterocycles. The molecule has 0 aliphatic rings. The lowest BCUT2D eigenvalue weighted by Gasteiger charge is -2.23. The molecular weight excluding hydrogens is 246 g/mol. The monoisotopic (exact) mass is 269 g/mol. The highest BCUT2D eigenvalue weighted by atomic mass is 16.3. The molecule has 2 atom stereocenters. The predicted molar refractivity (Wildman–Crippen MR) is 83.5 cm³/mol. The van der Waals surface area contributed by atoms with Gasteiger partial charge in [-0.3, -0.25) is 0 Å². The van der Waals surface area contributed by atoms with Crippen molar-refractivity contribution < 1.29 is 5.11 Å². The van der Waals surface area contributed by atoms with Crippen molar-refractivity contribution in [1.82, 2.24) is 5.32 Å². The molecule has 0 saturated carbocycles. The van der Waals surface area contributed by atoms with E-state index in [2.05, 4.69) is 43.4 Å². The molecule has 0 fully saturated rings. The first-order valence-electron chi connectivity index (χ1n) is 7.22. The summed E-state index contributed by atoms with van der Waals surface area (Å²) in [4.78, 5) is 0. The van der Waals surface area contributed by atoms with Gasteiger partial charge >= 0.3 is 0 Å². The maximum atomic E-state index is 10.4. The Labute approximate surface area is 121 Å². The van der Waals surface area contributed by atoms with Crippen LogP contribution in [0.4, 0.5) is 0 Å². The van der Waals surface area contributed by atoms with Crippen LogP contribution >= 0.6 is 0 Å². The zero-order valence-electron chi connectivity index (χ0n) is 12.2. The maximum absolute atomic E-state index is 10.4. The normalized spacial score (nSPS) is 13.9. The van der Waals surface area contributed by atoms with Gasteiger partial charge in [-0.1, -0.05) is 67.1 Å². The summed E-state index contributed by atoms with van der Waals surface area (Å²) in [5, 5.41) is 13.9. The highest BCUT2D eigenvalue weighted by Crippen LogP contribution is 2.19. The van der Waals surface area contributed by atoms with E-state index in [0.29, 0.717) is 0 Å². The Morgan fingerprint density at radius 1 is 1.00 bits per heavy atom. The van der Waals surface area contributed by atoms with Crippen LogP contribution in [-0.4, -0.2) is 11.1 Å². The van der Waals surface area contributed by atoms with Gasteiger partial charge in [0.25, 0.3) is 0 Å². The Bertz CT molecular complexity index is 507. The third-order valence-corrected chi connectivity index (χ3v) is 3.65. The van der Waals surface area contributed by atoms with Gasteiger partial charge in [-0.05, 0) is 24.5 Å². The minimum Gasteiger partial charge on any atom is -0.387 e. The molecule has 0 bridgehead atoms. The van der Waals surface area contributed by atoms with E-state index in [1.807, 2.05) is 30.3 Å². The number of rotatable bonds is 6. The van der Waals surface area contributed by atoms with Crippen molar-refractivity contribution in [3.63, 3.8) is 0 Å². The Kier molecular flexibility index (Phi) is 5.33. The van der Waals surface area contributed by atoms with Crippen LogP contribution in [-0.2, 0) is 6.54 Å². The van der Waals surface area contributed by atoms with Crippen molar-refractivity contribution in [2.24, 2.45) is 0 Å². The largest absolute Gasteiger partial charge is 0.387 e. The second-order valence-electron chi connectivity index (χ2n) is 5.24. The summed E-state index contributed by atoms with van der Waals surface area (Å²) in [5.41, 5.74) is 3.48. The minimum absolute atomic E-state index is 0.0682. The van der Waals surface area contributed by atoms with Crippen LogP contribution < -0.4 is 5.32 Å². The average molecular weight is 269 g/mol. The summed E-state index contributed by atoms with van der Waals surface area (Å²) in [7, 11) is 0. The molecular formula is C18H23NO. The highest BCUT2D eigenvalue weighted by molar-refractivity contribution is 5.22. The van der Waals surface area contributed by atoms with Crippen molar-refractivity contribution in [2.45, 2.75) is 39.0 Å². The Balaban J connectivity index is 1.97. The van der Waals surface area contributed by atoms with Crippen molar-refractivity contribution in [1.29, 1.82) is 0 Å². The van der Waals surface area contributed by atoms with E-state index < -0.39 is 6.10 Å². The molecule has 2 aromatic carbocycles. The zero-order chi connectivity index (χ0) is 14.4. The molecule has 2 nitrogen and oxygen atoms in total. The molecule has 0 aliphatic heterocycles. The van der Waals surface area contributed by atoms with Crippen molar-refractivity contribution >= 4 is 0 Å². The minimum atomic E-state index is -0.466. The SMILES string of the molecule is CCC(NCc1ccc(C)cc1)C(O)c1ccccc1. The molecule has 2 N–H and O–H groups in total. The number of aliphatic hydroxyl groups excluding tert-OH is 1. The van der Waals surface area contributed by atoms with Crippen LogP contribution in [0.5, 0.6) is 0 Å². The van der Waals surface area contributed by atoms with Crippen LogP contribution in [0.15, 0.2) is 54.6 Å². The molecule has 20 heavy (non-hydrogen) atoms. The third-order valence-electron chi connectivity index (χ3n) is 3.65. The van der Waals surface area contributed by atoms with Gasteiger partial charge in [-0.15, -0.1) is 0 Å². The summed E-state index contributed by atoms with van der Waals surface area (Å²) >= 11 is 0. The van der Waals surface area contributed by atoms with Crippen LogP contribution in [0.2, 0.25) is 0 Å². The number of hydrogen-bond donors (Lipinski definition) is 2. The molecule has 106 valence electrons. The fraction of sp³-hybridized carbons (Fsp3) is 0.333. The molecule has 2 heteroatoms. The van der Waals surface area contributed by atoms with E-state index in [-0.39, 0.29) is 6.04 Å². The first kappa shape index (κ1) is 14.8. The van der Waals surface area contributed by atoms with E-state index >= 15 is 0 Å². The molecule has 0 amide bonds. The lowest BCUT2D eigenvalue weighted by Crippen LogP contribution is -2.34. The van der Waals surface area contributed by atoms with E-state index in [1.54, 1.807) is 0 Å². The van der Waals surface area contributed by atoms with Gasteiger partial charge in [0.05, 0.1) is 6.10 Å². The fourth-order valence-electron chi connectivity index (χ4n) is 2.32. The maximum Gasteiger partial charge on any atom is 0.0942 e. The summed E-state index contributed by atoms with van der Waals surface area (Å²) in [5.74, 6) is 0. The van der Waals surface area contributed by atoms with Crippen LogP contribution in [0, 0.1) is 6.92 Å². The number of benzene rings is 2. The first-order chi connectivity index (χ1) is 9.70. The average Bonchev–Trinajstić information content (AvgIpc) is 2.50. The zero-order valence-corrected chi connectivity index (χ0v) is 12.2. The second-order valence-corrected chi connectivity index (χ2v) is 5.24. The summed E-state index contributed by atoms with van der Waals surface area (Å²) < 4.78 is 0. The van der Waals surface area contributed by atoms with E-state index in [1.165, 1.54) is 11.1 Å². The van der Waals surface area contributed by atoms with Crippen LogP contribution in [0.3, 0.4) is 0 Å². The van der Waals surface area contributed by atoms with Gasteiger partial charge in [-0.2, -0.15) is 0 Å². The van der Waals surface area contributed by atoms with Gasteiger partial charge in [-0.25, -0.2) is 0 Å². The first-order valence-corrected chi connectivity index (χ1v) is 7.22. The van der Waals surface area contributed by atoms with Gasteiger partial charge in [0.2, 0.25) is 0 Å². The molecule has 0 aliphatic carbocycles. The molecule has 0 spiro atoms. The molecule has 2 unspecified atom stereocenters. The predicted octanol–water partition coefficient (Wildman–Crippen LogP) is 3.60. The molecule has 0 radical (unpaired) electrons. The lowest BCUT2D eigenvalue weighted by atomic mass is 10.00. The Morgan fingerprint density at radius 2 is 1.65 bits per heavy atom. The highest BCUT2D eigenvalue weighted by Gasteiger charge is 2.18. The molecule has 2 rings (SSSR count). The van der Waals surface area contributed by atoms with Crippen molar-refractivity contribution in [3.05, 3.63) is 71.3 Å². The third kappa shape index (κ3) is 3.92. The molecule has 2 aromatic rings. The van der Waals surface area contributed by atoms with E-state index in [0.717, 1.165) is 18.5 Å². The Morgan fingerprint density at radius 3 is 2.25 bits per heavy atom. The second kappa shape index (κ2) is 7.22. The Hall–Kier alpha value is -1.64. The van der Waals surface area contributed by atoms with Crippen LogP contribution in [0.25, 0.3) is 0 Å². The smallest absolute Gasteiger partial charge is 0.0942 e. The van der Waals surface area contributed by atoms with E-state index in [4.69, 9.17) is 0 Å². The number of nitrogens with one attached hydrogen (secondary N) is 1. The van der Waals surface area contributed by atoms with Gasteiger partial charge in [0.15, 0.2) is 0 Å². The topological polar surface area (TPSA) is 32.3 Å². The van der Waals surface area contributed by atoms with Crippen LogP contribution in [0.1, 0.15) is 36.1 Å². The number of aryl methyl sites for hydroxylation is 1. The molecule has 0 saturated heterocycles. The standard InChI is InChI=1S/C18H23NO/c1-3-17(18(20)16-7-5-4-6-8-16)19-13-15-11-9-14(2)10-12-15/h4-12,17-20H,3,13H2,1-2H3. The quantitative estimate of drug-likeness (QED) is 0.840. The fourth-order valence-corrected chi connectivity index (χ4v) is 2.32. The lowest BCUT2D eigenvalue weighted by molar-refractivity contribution is 0.125. The van der Waals surface area contributed by atoms with Gasteiger partial charge < -0.3 is 10.4 Å². The summed E-state index contributed by atoms with van der Waals surface area (Å²) in [6, 6.07) is 18.4. The summed E-state index contributed by atoms with van der Waals surface area (Å²) in [6.45, 7) is 4.97. The van der Waals surface area contributed by atoms with Crippen molar-refractivity contribution in [2.75, 3.05) is 0 Å². The number of aliphatic hydroxyl groups is 1. The van der Waals surface area contributed by atoms with E-state index in [9.17, 15) is 5.11 Å². The summed E-state index contributed by atoms with van der Waals surface area (Å²) in [6.07, 6.45) is 0.425. The number of hydrogen-bond acceptors (Lipinski definition) is 2.